The van der Waals surface area contributed by atoms with Crippen molar-refractivity contribution in [3.63, 3.8) is 0 Å². The Balaban J connectivity index is 1.45. The molecule has 1 aliphatic heterocycles. The van der Waals surface area contributed by atoms with Crippen LogP contribution in [0.1, 0.15) is 24.8 Å². The summed E-state index contributed by atoms with van der Waals surface area (Å²) in [5.74, 6) is -0.259. The molecule has 0 bridgehead atoms. The highest BCUT2D eigenvalue weighted by Gasteiger charge is 2.32. The smallest absolute Gasteiger partial charge is 0.411 e. The van der Waals surface area contributed by atoms with Gasteiger partial charge in [0.25, 0.3) is 5.22 Å². The molecule has 2 aromatic heterocycles. The Hall–Kier alpha value is -3.08. The van der Waals surface area contributed by atoms with E-state index in [9.17, 15) is 18.0 Å². The molecule has 0 spiro atoms. The summed E-state index contributed by atoms with van der Waals surface area (Å²) in [6.07, 6.45) is 1.69. The van der Waals surface area contributed by atoms with Crippen molar-refractivity contribution in [2.24, 2.45) is 0 Å². The van der Waals surface area contributed by atoms with Crippen LogP contribution in [-0.2, 0) is 11.0 Å². The molecule has 168 valence electrons. The van der Waals surface area contributed by atoms with E-state index in [1.54, 1.807) is 24.5 Å². The maximum Gasteiger partial charge on any atom is 0.416 e. The number of benzene rings is 1. The first-order chi connectivity index (χ1) is 15.4. The largest absolute Gasteiger partial charge is 0.416 e. The van der Waals surface area contributed by atoms with Gasteiger partial charge in [0.1, 0.15) is 0 Å². The number of carbonyl (C=O) groups excluding carboxylic acids is 1. The summed E-state index contributed by atoms with van der Waals surface area (Å²) in [5.41, 5.74) is 0.628. The van der Waals surface area contributed by atoms with Crippen molar-refractivity contribution in [2.45, 2.75) is 30.7 Å². The van der Waals surface area contributed by atoms with E-state index in [-0.39, 0.29) is 16.7 Å². The lowest BCUT2D eigenvalue weighted by Crippen LogP contribution is -2.30. The number of nitrogens with one attached hydrogen (secondary N) is 1. The molecular formula is C21H20F3N5O2S. The number of aromatic nitrogens is 3. The van der Waals surface area contributed by atoms with Crippen LogP contribution >= 0.6 is 11.8 Å². The molecule has 1 saturated heterocycles. The summed E-state index contributed by atoms with van der Waals surface area (Å²) >= 11 is 1.01. The molecule has 32 heavy (non-hydrogen) atoms. The van der Waals surface area contributed by atoms with Crippen LogP contribution in [0.2, 0.25) is 0 Å². The number of pyridine rings is 1. The van der Waals surface area contributed by atoms with Crippen LogP contribution < -0.4 is 10.2 Å². The van der Waals surface area contributed by atoms with Crippen LogP contribution in [0.15, 0.2) is 52.4 Å². The minimum Gasteiger partial charge on any atom is -0.411 e. The normalized spacial score (nSPS) is 14.4. The predicted octanol–water partition coefficient (Wildman–Crippen LogP) is 4.87. The Morgan fingerprint density at radius 3 is 2.56 bits per heavy atom. The summed E-state index contributed by atoms with van der Waals surface area (Å²) in [6, 6.07) is 6.89. The maximum absolute atomic E-state index is 13.2. The van der Waals surface area contributed by atoms with Gasteiger partial charge in [-0.25, -0.2) is 0 Å². The lowest BCUT2D eigenvalue weighted by atomic mass is 10.1. The highest BCUT2D eigenvalue weighted by molar-refractivity contribution is 7.99. The Bertz CT molecular complexity index is 1070. The third-order valence-corrected chi connectivity index (χ3v) is 5.77. The molecule has 7 nitrogen and oxygen atoms in total. The molecule has 1 fully saturated rings. The van der Waals surface area contributed by atoms with Gasteiger partial charge in [-0.1, -0.05) is 11.8 Å². The molecule has 0 atom stereocenters. The fourth-order valence-corrected chi connectivity index (χ4v) is 3.98. The van der Waals surface area contributed by atoms with Crippen LogP contribution in [0.3, 0.4) is 0 Å². The first-order valence-electron chi connectivity index (χ1n) is 10.0. The number of nitrogens with zero attached hydrogens (tertiary/aromatic N) is 4. The number of thioether (sulfide) groups is 1. The zero-order valence-electron chi connectivity index (χ0n) is 16.9. The summed E-state index contributed by atoms with van der Waals surface area (Å²) < 4.78 is 45.2. The van der Waals surface area contributed by atoms with Crippen molar-refractivity contribution in [2.75, 3.05) is 29.1 Å². The predicted molar refractivity (Wildman–Crippen MR) is 114 cm³/mol. The highest BCUT2D eigenvalue weighted by Crippen LogP contribution is 2.36. The molecule has 3 heterocycles. The molecule has 1 aliphatic rings. The second-order valence-electron chi connectivity index (χ2n) is 7.22. The van der Waals surface area contributed by atoms with Gasteiger partial charge in [-0.3, -0.25) is 9.78 Å². The molecule has 0 aliphatic carbocycles. The monoisotopic (exact) mass is 463 g/mol. The molecule has 1 N–H and O–H groups in total. The van der Waals surface area contributed by atoms with E-state index in [1.807, 2.05) is 4.90 Å². The summed E-state index contributed by atoms with van der Waals surface area (Å²) in [7, 11) is 0. The third-order valence-electron chi connectivity index (χ3n) is 4.96. The first kappa shape index (κ1) is 22.1. The molecule has 11 heteroatoms. The van der Waals surface area contributed by atoms with E-state index in [0.29, 0.717) is 17.1 Å². The fraction of sp³-hybridized carbons (Fsp3) is 0.333. The first-order valence-corrected chi connectivity index (χ1v) is 11.0. The van der Waals surface area contributed by atoms with Crippen molar-refractivity contribution in [3.05, 3.63) is 48.3 Å². The quantitative estimate of drug-likeness (QED) is 0.522. The van der Waals surface area contributed by atoms with E-state index >= 15 is 0 Å². The van der Waals surface area contributed by atoms with Crippen LogP contribution in [0.5, 0.6) is 0 Å². The van der Waals surface area contributed by atoms with E-state index in [2.05, 4.69) is 20.5 Å². The van der Waals surface area contributed by atoms with Gasteiger partial charge in [-0.2, -0.15) is 13.2 Å². The number of halogens is 3. The number of hydrogen-bond donors (Lipinski definition) is 1. The van der Waals surface area contributed by atoms with Crippen LogP contribution in [-0.4, -0.2) is 39.9 Å². The number of piperidine rings is 1. The van der Waals surface area contributed by atoms with Crippen molar-refractivity contribution in [1.82, 2.24) is 15.2 Å². The minimum absolute atomic E-state index is 0.0896. The zero-order valence-corrected chi connectivity index (χ0v) is 17.7. The second-order valence-corrected chi connectivity index (χ2v) is 8.15. The topological polar surface area (TPSA) is 84.1 Å². The molecule has 0 saturated carbocycles. The molecule has 0 radical (unpaired) electrons. The minimum atomic E-state index is -4.50. The van der Waals surface area contributed by atoms with E-state index in [0.717, 1.165) is 56.2 Å². The Kier molecular flexibility index (Phi) is 6.63. The average Bonchev–Trinajstić information content (AvgIpc) is 3.27. The summed E-state index contributed by atoms with van der Waals surface area (Å²) in [5, 5.41) is 10.6. The molecular weight excluding hydrogens is 443 g/mol. The molecule has 1 aromatic carbocycles. The van der Waals surface area contributed by atoms with Crippen LogP contribution in [0.4, 0.5) is 24.5 Å². The number of alkyl halides is 3. The zero-order chi connectivity index (χ0) is 22.6. The van der Waals surface area contributed by atoms with Gasteiger partial charge >= 0.3 is 6.18 Å². The Morgan fingerprint density at radius 1 is 1.09 bits per heavy atom. The van der Waals surface area contributed by atoms with Gasteiger partial charge in [0.15, 0.2) is 0 Å². The summed E-state index contributed by atoms with van der Waals surface area (Å²) in [6.45, 7) is 1.48. The van der Waals surface area contributed by atoms with Crippen molar-refractivity contribution in [3.8, 4) is 11.5 Å². The number of rotatable bonds is 6. The van der Waals surface area contributed by atoms with E-state index in [1.165, 1.54) is 6.07 Å². The Labute approximate surface area is 186 Å². The summed E-state index contributed by atoms with van der Waals surface area (Å²) in [4.78, 5) is 18.5. The van der Waals surface area contributed by atoms with Crippen LogP contribution in [0.25, 0.3) is 11.5 Å². The van der Waals surface area contributed by atoms with Crippen molar-refractivity contribution >= 4 is 29.0 Å². The second kappa shape index (κ2) is 9.60. The number of hydrogen-bond acceptors (Lipinski definition) is 7. The molecule has 1 amide bonds. The van der Waals surface area contributed by atoms with Crippen LogP contribution in [0, 0.1) is 0 Å². The molecule has 3 aromatic rings. The maximum atomic E-state index is 13.2. The van der Waals surface area contributed by atoms with Gasteiger partial charge in [-0.05, 0) is 49.6 Å². The lowest BCUT2D eigenvalue weighted by Gasteiger charge is -2.31. The van der Waals surface area contributed by atoms with E-state index < -0.39 is 17.6 Å². The van der Waals surface area contributed by atoms with Gasteiger partial charge in [0.05, 0.1) is 22.7 Å². The van der Waals surface area contributed by atoms with Gasteiger partial charge < -0.3 is 14.6 Å². The Morgan fingerprint density at radius 2 is 1.84 bits per heavy atom. The van der Waals surface area contributed by atoms with Gasteiger partial charge in [-0.15, -0.1) is 10.2 Å². The SMILES string of the molecule is O=C(CSc1nnc(-c2ccncc2)o1)Nc1cc(C(F)(F)F)ccc1N1CCCCC1. The van der Waals surface area contributed by atoms with Crippen molar-refractivity contribution < 1.29 is 22.4 Å². The van der Waals surface area contributed by atoms with E-state index in [4.69, 9.17) is 4.42 Å². The number of amides is 1. The van der Waals surface area contributed by atoms with Gasteiger partial charge in [0.2, 0.25) is 11.8 Å². The third kappa shape index (κ3) is 5.39. The highest BCUT2D eigenvalue weighted by atomic mass is 32.2. The lowest BCUT2D eigenvalue weighted by molar-refractivity contribution is -0.137. The average molecular weight is 463 g/mol. The molecule has 4 rings (SSSR count). The van der Waals surface area contributed by atoms with Crippen molar-refractivity contribution in [1.29, 1.82) is 0 Å². The molecule has 0 unspecified atom stereocenters. The standard InChI is InChI=1S/C21H20F3N5O2S/c22-21(23,24)15-4-5-17(29-10-2-1-3-11-29)16(12-15)26-18(30)13-32-20-28-27-19(31-20)14-6-8-25-9-7-14/h4-9,12H,1-3,10-11,13H2,(H,26,30). The number of anilines is 2. The number of carbonyl (C=O) groups is 1. The fourth-order valence-electron chi connectivity index (χ4n) is 3.42. The van der Waals surface area contributed by atoms with Gasteiger partial charge in [0, 0.05) is 31.0 Å².